The van der Waals surface area contributed by atoms with Gasteiger partial charge in [-0.25, -0.2) is 4.98 Å². The Kier molecular flexibility index (Phi) is 6.69. The van der Waals surface area contributed by atoms with E-state index in [1.165, 1.54) is 16.9 Å². The second-order valence-corrected chi connectivity index (χ2v) is 10.2. The molecule has 1 aliphatic heterocycles. The van der Waals surface area contributed by atoms with Crippen LogP contribution in [0.2, 0.25) is 0 Å². The number of carbonyl (C=O) groups is 1. The maximum absolute atomic E-state index is 13.6. The van der Waals surface area contributed by atoms with Gasteiger partial charge in [0.05, 0.1) is 19.6 Å². The molecule has 1 aromatic carbocycles. The Balaban J connectivity index is 1.39. The van der Waals surface area contributed by atoms with Crippen LogP contribution >= 0.6 is 11.3 Å². The fourth-order valence-corrected chi connectivity index (χ4v) is 6.40. The van der Waals surface area contributed by atoms with Crippen molar-refractivity contribution in [3.63, 3.8) is 0 Å². The lowest BCUT2D eigenvalue weighted by Crippen LogP contribution is -2.50. The van der Waals surface area contributed by atoms with Gasteiger partial charge >= 0.3 is 0 Å². The number of aromatic nitrogens is 2. The molecule has 0 radical (unpaired) electrons. The number of anilines is 1. The second-order valence-electron chi connectivity index (χ2n) is 9.11. The van der Waals surface area contributed by atoms with Gasteiger partial charge in [0.15, 0.2) is 11.5 Å². The molecule has 5 rings (SSSR count). The van der Waals surface area contributed by atoms with E-state index in [9.17, 15) is 9.59 Å². The van der Waals surface area contributed by atoms with Gasteiger partial charge in [-0.15, -0.1) is 11.3 Å². The van der Waals surface area contributed by atoms with E-state index in [-0.39, 0.29) is 11.5 Å². The third-order valence-electron chi connectivity index (χ3n) is 6.98. The number of piperazine rings is 1. The van der Waals surface area contributed by atoms with E-state index < -0.39 is 0 Å². The number of benzene rings is 1. The number of hydrogen-bond acceptors (Lipinski definition) is 7. The third-order valence-corrected chi connectivity index (χ3v) is 8.17. The maximum atomic E-state index is 13.6. The molecule has 0 bridgehead atoms. The van der Waals surface area contributed by atoms with Crippen LogP contribution < -0.4 is 19.9 Å². The molecule has 186 valence electrons. The molecular weight excluding hydrogens is 464 g/mol. The first kappa shape index (κ1) is 23.7. The normalized spacial score (nSPS) is 15.9. The minimum absolute atomic E-state index is 0.0362. The minimum Gasteiger partial charge on any atom is -0.493 e. The molecule has 1 fully saturated rings. The number of rotatable bonds is 6. The average molecular weight is 497 g/mol. The van der Waals surface area contributed by atoms with Crippen LogP contribution in [0.4, 0.5) is 5.95 Å². The molecule has 1 saturated heterocycles. The topological polar surface area (TPSA) is 76.9 Å². The highest BCUT2D eigenvalue weighted by molar-refractivity contribution is 7.18. The monoisotopic (exact) mass is 496 g/mol. The quantitative estimate of drug-likeness (QED) is 0.518. The van der Waals surface area contributed by atoms with Gasteiger partial charge in [0.2, 0.25) is 5.95 Å². The molecule has 0 unspecified atom stereocenters. The summed E-state index contributed by atoms with van der Waals surface area (Å²) in [7, 11) is 3.14. The van der Waals surface area contributed by atoms with Crippen molar-refractivity contribution in [3.8, 4) is 11.5 Å². The Morgan fingerprint density at radius 3 is 2.51 bits per heavy atom. The van der Waals surface area contributed by atoms with Gasteiger partial charge in [-0.3, -0.25) is 14.2 Å². The van der Waals surface area contributed by atoms with Gasteiger partial charge in [0, 0.05) is 43.2 Å². The summed E-state index contributed by atoms with van der Waals surface area (Å²) < 4.78 is 12.5. The van der Waals surface area contributed by atoms with E-state index in [1.807, 2.05) is 9.47 Å². The predicted octanol–water partition coefficient (Wildman–Crippen LogP) is 3.73. The van der Waals surface area contributed by atoms with Gasteiger partial charge in [0.25, 0.3) is 11.5 Å². The van der Waals surface area contributed by atoms with Gasteiger partial charge in [-0.05, 0) is 55.9 Å². The van der Waals surface area contributed by atoms with Crippen LogP contribution in [0.25, 0.3) is 10.2 Å². The molecule has 3 heterocycles. The Morgan fingerprint density at radius 1 is 1.06 bits per heavy atom. The SMILES string of the molecule is CCCn1c(N2CCN(C(=O)c3ccc(OC)c(OC)c3)CC2)nc2sc3c(c2c1=O)CCCC3. The number of thiophene rings is 1. The summed E-state index contributed by atoms with van der Waals surface area (Å²) in [6, 6.07) is 5.25. The van der Waals surface area contributed by atoms with E-state index in [1.54, 1.807) is 43.8 Å². The van der Waals surface area contributed by atoms with Gasteiger partial charge < -0.3 is 19.3 Å². The smallest absolute Gasteiger partial charge is 0.263 e. The number of amides is 1. The number of carbonyl (C=O) groups excluding carboxylic acids is 1. The molecule has 2 aliphatic rings. The van der Waals surface area contributed by atoms with Crippen LogP contribution in [0, 0.1) is 0 Å². The van der Waals surface area contributed by atoms with E-state index in [0.29, 0.717) is 49.8 Å². The Bertz CT molecular complexity index is 1310. The highest BCUT2D eigenvalue weighted by Gasteiger charge is 2.28. The Hall–Kier alpha value is -3.07. The number of fused-ring (bicyclic) bond motifs is 3. The molecule has 35 heavy (non-hydrogen) atoms. The van der Waals surface area contributed by atoms with Gasteiger partial charge in [-0.1, -0.05) is 6.92 Å². The molecule has 2 aromatic heterocycles. The standard InChI is InChI=1S/C26H32N4O4S/c1-4-11-30-25(32)22-18-7-5-6-8-21(18)35-23(22)27-26(30)29-14-12-28(13-15-29)24(31)17-9-10-19(33-2)20(16-17)34-3/h9-10,16H,4-8,11-15H2,1-3H3. The first-order chi connectivity index (χ1) is 17.0. The molecule has 0 saturated carbocycles. The molecule has 8 nitrogen and oxygen atoms in total. The second kappa shape index (κ2) is 9.89. The molecule has 1 aliphatic carbocycles. The molecule has 0 N–H and O–H groups in total. The number of methoxy groups -OCH3 is 2. The van der Waals surface area contributed by atoms with Crippen molar-refractivity contribution < 1.29 is 14.3 Å². The fraction of sp³-hybridized carbons (Fsp3) is 0.500. The maximum Gasteiger partial charge on any atom is 0.263 e. The predicted molar refractivity (Wildman–Crippen MR) is 138 cm³/mol. The van der Waals surface area contributed by atoms with Crippen molar-refractivity contribution in [2.75, 3.05) is 45.3 Å². The molecule has 0 spiro atoms. The summed E-state index contributed by atoms with van der Waals surface area (Å²) in [5, 5.41) is 0.837. The zero-order chi connectivity index (χ0) is 24.5. The zero-order valence-electron chi connectivity index (χ0n) is 20.6. The van der Waals surface area contributed by atoms with Crippen LogP contribution in [-0.2, 0) is 19.4 Å². The Labute approximate surface area is 209 Å². The highest BCUT2D eigenvalue weighted by Crippen LogP contribution is 2.35. The highest BCUT2D eigenvalue weighted by atomic mass is 32.1. The third kappa shape index (κ3) is 4.26. The van der Waals surface area contributed by atoms with Crippen molar-refractivity contribution in [2.24, 2.45) is 0 Å². The van der Waals surface area contributed by atoms with E-state index in [4.69, 9.17) is 14.5 Å². The van der Waals surface area contributed by atoms with Crippen LogP contribution in [0.3, 0.4) is 0 Å². The lowest BCUT2D eigenvalue weighted by molar-refractivity contribution is 0.0745. The van der Waals surface area contributed by atoms with Crippen molar-refractivity contribution in [2.45, 2.75) is 45.6 Å². The van der Waals surface area contributed by atoms with Crippen LogP contribution in [0.1, 0.15) is 47.0 Å². The molecule has 9 heteroatoms. The van der Waals surface area contributed by atoms with Crippen molar-refractivity contribution in [1.29, 1.82) is 0 Å². The summed E-state index contributed by atoms with van der Waals surface area (Å²) in [6.07, 6.45) is 5.23. The van der Waals surface area contributed by atoms with Crippen molar-refractivity contribution >= 4 is 33.4 Å². The summed E-state index contributed by atoms with van der Waals surface area (Å²) in [6.45, 7) is 5.12. The summed E-state index contributed by atoms with van der Waals surface area (Å²) in [5.41, 5.74) is 1.90. The van der Waals surface area contributed by atoms with Crippen molar-refractivity contribution in [3.05, 3.63) is 44.6 Å². The first-order valence-electron chi connectivity index (χ1n) is 12.4. The van der Waals surface area contributed by atoms with E-state index >= 15 is 0 Å². The Morgan fingerprint density at radius 2 is 1.80 bits per heavy atom. The van der Waals surface area contributed by atoms with Gasteiger partial charge in [-0.2, -0.15) is 0 Å². The molecule has 1 amide bonds. The summed E-state index contributed by atoms with van der Waals surface area (Å²) >= 11 is 1.69. The molecule has 0 atom stereocenters. The minimum atomic E-state index is -0.0362. The van der Waals surface area contributed by atoms with Crippen LogP contribution in [0.15, 0.2) is 23.0 Å². The molecule has 3 aromatic rings. The lowest BCUT2D eigenvalue weighted by Gasteiger charge is -2.36. The summed E-state index contributed by atoms with van der Waals surface area (Å²) in [5.74, 6) is 1.84. The van der Waals surface area contributed by atoms with E-state index in [0.717, 1.165) is 41.8 Å². The van der Waals surface area contributed by atoms with Crippen molar-refractivity contribution in [1.82, 2.24) is 14.5 Å². The lowest BCUT2D eigenvalue weighted by atomic mass is 9.97. The largest absolute Gasteiger partial charge is 0.493 e. The van der Waals surface area contributed by atoms with E-state index in [2.05, 4.69) is 11.8 Å². The summed E-state index contributed by atoms with van der Waals surface area (Å²) in [4.78, 5) is 38.0. The van der Waals surface area contributed by atoms with Crippen LogP contribution in [-0.4, -0.2) is 60.8 Å². The number of hydrogen-bond donors (Lipinski definition) is 0. The number of ether oxygens (including phenoxy) is 2. The van der Waals surface area contributed by atoms with Crippen LogP contribution in [0.5, 0.6) is 11.5 Å². The molecular formula is C26H32N4O4S. The zero-order valence-corrected chi connectivity index (χ0v) is 21.4. The number of aryl methyl sites for hydroxylation is 2. The fourth-order valence-electron chi connectivity index (χ4n) is 5.16. The van der Waals surface area contributed by atoms with Gasteiger partial charge in [0.1, 0.15) is 4.83 Å². The first-order valence-corrected chi connectivity index (χ1v) is 13.2. The number of nitrogens with zero attached hydrogens (tertiary/aromatic N) is 4. The average Bonchev–Trinajstić information content (AvgIpc) is 3.28.